The number of carbonyl (C=O) groups excluding carboxylic acids is 2. The van der Waals surface area contributed by atoms with Gasteiger partial charge < -0.3 is 9.64 Å². The quantitative estimate of drug-likeness (QED) is 0.534. The zero-order chi connectivity index (χ0) is 25.9. The highest BCUT2D eigenvalue weighted by Crippen LogP contribution is 2.34. The molecule has 0 radical (unpaired) electrons. The first-order chi connectivity index (χ1) is 17.2. The largest absolute Gasteiger partial charge is 0.435 e. The van der Waals surface area contributed by atoms with E-state index in [2.05, 4.69) is 5.10 Å². The highest BCUT2D eigenvalue weighted by atomic mass is 19.4. The normalized spacial score (nSPS) is 18.0. The highest BCUT2D eigenvalue weighted by Gasteiger charge is 2.39. The Morgan fingerprint density at radius 3 is 2.67 bits per heavy atom. The molecule has 12 heteroatoms. The molecule has 2 saturated heterocycles. The topological polar surface area (TPSA) is 94.7 Å². The minimum atomic E-state index is -4.74. The van der Waals surface area contributed by atoms with Crippen molar-refractivity contribution in [3.8, 4) is 11.8 Å². The van der Waals surface area contributed by atoms with Crippen molar-refractivity contribution in [1.29, 1.82) is 5.26 Å². The molecule has 1 amide bonds. The van der Waals surface area contributed by atoms with Gasteiger partial charge in [-0.15, -0.1) is 0 Å². The van der Waals surface area contributed by atoms with Gasteiger partial charge in [-0.05, 0) is 44.5 Å². The molecule has 192 valence electrons. The van der Waals surface area contributed by atoms with Gasteiger partial charge in [0.25, 0.3) is 5.91 Å². The number of benzene rings is 1. The molecule has 2 aliphatic rings. The van der Waals surface area contributed by atoms with E-state index >= 15 is 0 Å². The summed E-state index contributed by atoms with van der Waals surface area (Å²) in [5.41, 5.74) is -0.971. The fraction of sp³-hybridized carbons (Fsp3) is 0.500. The minimum absolute atomic E-state index is 0.0144. The number of piperidine rings is 1. The molecule has 0 unspecified atom stereocenters. The van der Waals surface area contributed by atoms with Gasteiger partial charge in [0, 0.05) is 31.2 Å². The molecule has 2 fully saturated rings. The van der Waals surface area contributed by atoms with Crippen LogP contribution in [-0.2, 0) is 22.1 Å². The number of hydrogen-bond acceptors (Lipinski definition) is 7. The first-order valence-corrected chi connectivity index (χ1v) is 11.7. The molecular formula is C24H27F3N6O3. The summed E-state index contributed by atoms with van der Waals surface area (Å²) >= 11 is 0. The lowest BCUT2D eigenvalue weighted by molar-refractivity contribution is -0.168. The Morgan fingerprint density at radius 2 is 2.03 bits per heavy atom. The van der Waals surface area contributed by atoms with Crippen molar-refractivity contribution in [1.82, 2.24) is 24.7 Å². The van der Waals surface area contributed by atoms with Crippen LogP contribution in [0.3, 0.4) is 0 Å². The minimum Gasteiger partial charge on any atom is -0.370 e. The van der Waals surface area contributed by atoms with Crippen LogP contribution in [0.4, 0.5) is 13.2 Å². The van der Waals surface area contributed by atoms with Gasteiger partial charge >= 0.3 is 6.18 Å². The number of alkyl halides is 3. The third-order valence-corrected chi connectivity index (χ3v) is 6.70. The molecule has 2 aliphatic heterocycles. The third-order valence-electron chi connectivity index (χ3n) is 6.70. The zero-order valence-corrected chi connectivity index (χ0v) is 19.9. The van der Waals surface area contributed by atoms with Crippen LogP contribution < -0.4 is 0 Å². The van der Waals surface area contributed by atoms with Crippen LogP contribution in [0.15, 0.2) is 24.3 Å². The number of aromatic nitrogens is 2. The predicted octanol–water partition coefficient (Wildman–Crippen LogP) is 2.29. The lowest BCUT2D eigenvalue weighted by atomic mass is 10.0. The van der Waals surface area contributed by atoms with Gasteiger partial charge in [0.15, 0.2) is 12.0 Å². The molecular weight excluding hydrogens is 477 g/mol. The van der Waals surface area contributed by atoms with Crippen LogP contribution in [0.25, 0.3) is 5.69 Å². The van der Waals surface area contributed by atoms with Crippen LogP contribution >= 0.6 is 0 Å². The van der Waals surface area contributed by atoms with E-state index in [4.69, 9.17) is 10.00 Å². The molecule has 0 spiro atoms. The number of likely N-dealkylation sites (N-methyl/N-ethyl adjacent to an activating group) is 1. The zero-order valence-electron chi connectivity index (χ0n) is 19.9. The molecule has 3 heterocycles. The van der Waals surface area contributed by atoms with Gasteiger partial charge in [0.2, 0.25) is 0 Å². The summed E-state index contributed by atoms with van der Waals surface area (Å²) in [5.74, 6) is -0.0635. The first kappa shape index (κ1) is 25.8. The van der Waals surface area contributed by atoms with Gasteiger partial charge in [0.1, 0.15) is 12.3 Å². The molecule has 36 heavy (non-hydrogen) atoms. The molecule has 0 aliphatic carbocycles. The SMILES string of the molecule is CN(CCc1c(C(F)(F)F)nn(-c2cccc(C#N)c2)c1C=O)C1CCN(N2CCOCC2=O)CC1. The Balaban J connectivity index is 1.48. The Hall–Kier alpha value is -3.27. The smallest absolute Gasteiger partial charge is 0.370 e. The van der Waals surface area contributed by atoms with Gasteiger partial charge in [-0.25, -0.2) is 9.69 Å². The van der Waals surface area contributed by atoms with E-state index in [9.17, 15) is 22.8 Å². The van der Waals surface area contributed by atoms with Crippen LogP contribution in [0.5, 0.6) is 0 Å². The maximum absolute atomic E-state index is 13.9. The number of hydrazine groups is 1. The number of nitrogens with zero attached hydrogens (tertiary/aromatic N) is 6. The maximum atomic E-state index is 13.9. The number of rotatable bonds is 7. The standard InChI is InChI=1S/C24H27F3N6O3/c1-30(18-5-9-31(10-6-18)32-11-12-36-16-22(32)35)8-7-20-21(15-34)33(29-23(20)24(25,26)27)19-4-2-3-17(13-19)14-28/h2-4,13,15,18H,5-12,16H2,1H3. The second-order valence-electron chi connectivity index (χ2n) is 8.89. The van der Waals surface area contributed by atoms with Crippen molar-refractivity contribution in [3.05, 3.63) is 46.8 Å². The highest BCUT2D eigenvalue weighted by molar-refractivity contribution is 5.77. The van der Waals surface area contributed by atoms with E-state index in [0.717, 1.165) is 17.5 Å². The van der Waals surface area contributed by atoms with E-state index in [1.54, 1.807) is 5.01 Å². The molecule has 1 aromatic carbocycles. The summed E-state index contributed by atoms with van der Waals surface area (Å²) in [5, 5.41) is 16.6. The summed E-state index contributed by atoms with van der Waals surface area (Å²) in [6, 6.07) is 8.02. The van der Waals surface area contributed by atoms with Crippen LogP contribution in [0.1, 0.15) is 40.2 Å². The summed E-state index contributed by atoms with van der Waals surface area (Å²) in [6.07, 6.45) is -2.85. The van der Waals surface area contributed by atoms with Crippen molar-refractivity contribution in [3.63, 3.8) is 0 Å². The van der Waals surface area contributed by atoms with Crippen molar-refractivity contribution in [2.45, 2.75) is 31.5 Å². The van der Waals surface area contributed by atoms with E-state index in [1.807, 2.05) is 23.0 Å². The number of halogens is 3. The second kappa shape index (κ2) is 10.8. The predicted molar refractivity (Wildman–Crippen MR) is 122 cm³/mol. The lowest BCUT2D eigenvalue weighted by Gasteiger charge is -2.43. The second-order valence-corrected chi connectivity index (χ2v) is 8.89. The van der Waals surface area contributed by atoms with Crippen molar-refractivity contribution < 1.29 is 27.5 Å². The Bertz CT molecular complexity index is 1150. The first-order valence-electron chi connectivity index (χ1n) is 11.7. The molecule has 1 aromatic heterocycles. The van der Waals surface area contributed by atoms with Crippen LogP contribution in [0, 0.1) is 11.3 Å². The van der Waals surface area contributed by atoms with Crippen LogP contribution in [-0.4, -0.2) is 89.4 Å². The Kier molecular flexibility index (Phi) is 7.73. The van der Waals surface area contributed by atoms with Crippen LogP contribution in [0.2, 0.25) is 0 Å². The molecule has 2 aromatic rings. The lowest BCUT2D eigenvalue weighted by Crippen LogP contribution is -2.56. The van der Waals surface area contributed by atoms with Gasteiger partial charge in [-0.3, -0.25) is 14.6 Å². The van der Waals surface area contributed by atoms with Crippen molar-refractivity contribution >= 4 is 12.2 Å². The number of morpholine rings is 1. The third kappa shape index (κ3) is 5.43. The maximum Gasteiger partial charge on any atom is 0.435 e. The van der Waals surface area contributed by atoms with Crippen molar-refractivity contribution in [2.24, 2.45) is 0 Å². The van der Waals surface area contributed by atoms with Gasteiger partial charge in [0.05, 0.1) is 30.5 Å². The summed E-state index contributed by atoms with van der Waals surface area (Å²) in [4.78, 5) is 26.0. The molecule has 0 saturated carbocycles. The summed E-state index contributed by atoms with van der Waals surface area (Å²) in [6.45, 7) is 2.74. The average molecular weight is 505 g/mol. The molecule has 0 atom stereocenters. The molecule has 4 rings (SSSR count). The number of carbonyl (C=O) groups is 2. The summed E-state index contributed by atoms with van der Waals surface area (Å²) in [7, 11) is 1.86. The Labute approximate surface area is 206 Å². The van der Waals surface area contributed by atoms with Gasteiger partial charge in [-0.2, -0.15) is 23.5 Å². The number of ether oxygens (including phenoxy) is 1. The summed E-state index contributed by atoms with van der Waals surface area (Å²) < 4.78 is 47.7. The van der Waals surface area contributed by atoms with E-state index in [1.165, 1.54) is 24.3 Å². The van der Waals surface area contributed by atoms with Crippen molar-refractivity contribution in [2.75, 3.05) is 46.4 Å². The van der Waals surface area contributed by atoms with E-state index < -0.39 is 11.9 Å². The fourth-order valence-corrected chi connectivity index (χ4v) is 4.78. The average Bonchev–Trinajstić information content (AvgIpc) is 3.27. The monoisotopic (exact) mass is 504 g/mol. The molecule has 9 nitrogen and oxygen atoms in total. The Morgan fingerprint density at radius 1 is 1.28 bits per heavy atom. The number of nitriles is 1. The van der Waals surface area contributed by atoms with E-state index in [0.29, 0.717) is 39.1 Å². The number of aldehydes is 1. The van der Waals surface area contributed by atoms with E-state index in [-0.39, 0.29) is 47.5 Å². The van der Waals surface area contributed by atoms with Gasteiger partial charge in [-0.1, -0.05) is 6.07 Å². The fourth-order valence-electron chi connectivity index (χ4n) is 4.78. The number of hydrogen-bond donors (Lipinski definition) is 0. The number of amides is 1. The molecule has 0 N–H and O–H groups in total. The molecule has 0 bridgehead atoms.